The summed E-state index contributed by atoms with van der Waals surface area (Å²) < 4.78 is 37.7. The third-order valence-electron chi connectivity index (χ3n) is 3.20. The van der Waals surface area contributed by atoms with Gasteiger partial charge in [0.1, 0.15) is 5.92 Å². The molecule has 0 amide bonds. The molecule has 1 aliphatic rings. The van der Waals surface area contributed by atoms with E-state index in [1.165, 1.54) is 0 Å². The average molecular weight is 269 g/mol. The van der Waals surface area contributed by atoms with Gasteiger partial charge in [0.05, 0.1) is 5.60 Å². The van der Waals surface area contributed by atoms with Gasteiger partial charge < -0.3 is 21.4 Å². The zero-order valence-corrected chi connectivity index (χ0v) is 9.87. The molecule has 1 saturated carbocycles. The van der Waals surface area contributed by atoms with Gasteiger partial charge in [0.15, 0.2) is 5.84 Å². The Bertz CT molecular complexity index is 301. The first kappa shape index (κ1) is 15.0. The Morgan fingerprint density at radius 2 is 1.94 bits per heavy atom. The van der Waals surface area contributed by atoms with Crippen LogP contribution in [0.15, 0.2) is 5.16 Å². The van der Waals surface area contributed by atoms with Crippen molar-refractivity contribution < 1.29 is 23.5 Å². The Morgan fingerprint density at radius 3 is 2.39 bits per heavy atom. The molecule has 1 fully saturated rings. The topological polar surface area (TPSA) is 90.9 Å². The molecule has 8 heteroatoms. The monoisotopic (exact) mass is 269 g/mol. The Kier molecular flexibility index (Phi) is 4.80. The minimum Gasteiger partial charge on any atom is -0.409 e. The summed E-state index contributed by atoms with van der Waals surface area (Å²) in [6.45, 7) is -0.431. The van der Waals surface area contributed by atoms with E-state index in [4.69, 9.17) is 10.9 Å². The van der Waals surface area contributed by atoms with Crippen LogP contribution in [0.25, 0.3) is 0 Å². The summed E-state index contributed by atoms with van der Waals surface area (Å²) in [7, 11) is 0. The van der Waals surface area contributed by atoms with E-state index in [-0.39, 0.29) is 6.54 Å². The second kappa shape index (κ2) is 5.75. The summed E-state index contributed by atoms with van der Waals surface area (Å²) in [5.74, 6) is -2.93. The summed E-state index contributed by atoms with van der Waals surface area (Å²) in [6.07, 6.45) is -1.66. The maximum Gasteiger partial charge on any atom is 0.400 e. The van der Waals surface area contributed by atoms with Crippen molar-refractivity contribution in [1.82, 2.24) is 5.32 Å². The van der Waals surface area contributed by atoms with Crippen LogP contribution in [0.5, 0.6) is 0 Å². The zero-order valence-electron chi connectivity index (χ0n) is 9.87. The SMILES string of the molecule is NC(=NO)C(CNCC1(O)CCCC1)C(F)(F)F. The lowest BCUT2D eigenvalue weighted by molar-refractivity contribution is -0.155. The number of halogens is 3. The van der Waals surface area contributed by atoms with Gasteiger partial charge in [0.25, 0.3) is 0 Å². The van der Waals surface area contributed by atoms with E-state index < -0.39 is 30.1 Å². The first-order valence-electron chi connectivity index (χ1n) is 5.76. The molecule has 5 nitrogen and oxygen atoms in total. The van der Waals surface area contributed by atoms with E-state index >= 15 is 0 Å². The van der Waals surface area contributed by atoms with Crippen molar-refractivity contribution in [3.8, 4) is 0 Å². The number of hydrogen-bond acceptors (Lipinski definition) is 4. The highest BCUT2D eigenvalue weighted by atomic mass is 19.4. The van der Waals surface area contributed by atoms with E-state index in [0.717, 1.165) is 12.8 Å². The summed E-state index contributed by atoms with van der Waals surface area (Å²) in [4.78, 5) is 0. The van der Waals surface area contributed by atoms with Gasteiger partial charge in [0.2, 0.25) is 0 Å². The average Bonchev–Trinajstić information content (AvgIpc) is 2.69. The smallest absolute Gasteiger partial charge is 0.400 e. The van der Waals surface area contributed by atoms with Gasteiger partial charge in [-0.15, -0.1) is 0 Å². The van der Waals surface area contributed by atoms with Crippen molar-refractivity contribution >= 4 is 5.84 Å². The molecule has 0 spiro atoms. The molecule has 0 aromatic rings. The van der Waals surface area contributed by atoms with Crippen LogP contribution in [0.2, 0.25) is 0 Å². The van der Waals surface area contributed by atoms with Gasteiger partial charge >= 0.3 is 6.18 Å². The van der Waals surface area contributed by atoms with E-state index in [0.29, 0.717) is 12.8 Å². The molecular weight excluding hydrogens is 251 g/mol. The van der Waals surface area contributed by atoms with Crippen molar-refractivity contribution in [3.63, 3.8) is 0 Å². The van der Waals surface area contributed by atoms with Gasteiger partial charge in [-0.1, -0.05) is 18.0 Å². The Hall–Kier alpha value is -1.02. The summed E-state index contributed by atoms with van der Waals surface area (Å²) in [5.41, 5.74) is 4.08. The van der Waals surface area contributed by atoms with Gasteiger partial charge in [0, 0.05) is 13.1 Å². The van der Waals surface area contributed by atoms with Crippen LogP contribution in [0.4, 0.5) is 13.2 Å². The largest absolute Gasteiger partial charge is 0.409 e. The van der Waals surface area contributed by atoms with Crippen LogP contribution >= 0.6 is 0 Å². The highest BCUT2D eigenvalue weighted by Gasteiger charge is 2.43. The Morgan fingerprint density at radius 1 is 1.39 bits per heavy atom. The highest BCUT2D eigenvalue weighted by molar-refractivity contribution is 5.83. The number of rotatable bonds is 5. The first-order valence-corrected chi connectivity index (χ1v) is 5.76. The molecule has 18 heavy (non-hydrogen) atoms. The molecule has 1 rings (SSSR count). The molecule has 0 bridgehead atoms. The fourth-order valence-corrected chi connectivity index (χ4v) is 2.12. The van der Waals surface area contributed by atoms with Crippen LogP contribution in [-0.4, -0.2) is 41.0 Å². The fourth-order valence-electron chi connectivity index (χ4n) is 2.12. The van der Waals surface area contributed by atoms with Crippen LogP contribution < -0.4 is 11.1 Å². The third-order valence-corrected chi connectivity index (χ3v) is 3.20. The number of hydrogen-bond donors (Lipinski definition) is 4. The first-order chi connectivity index (χ1) is 8.28. The number of nitrogens with zero attached hydrogens (tertiary/aromatic N) is 1. The zero-order chi connectivity index (χ0) is 13.8. The molecule has 0 aromatic carbocycles. The van der Waals surface area contributed by atoms with Crippen molar-refractivity contribution in [1.29, 1.82) is 0 Å². The van der Waals surface area contributed by atoms with E-state index in [2.05, 4.69) is 10.5 Å². The van der Waals surface area contributed by atoms with E-state index in [1.54, 1.807) is 0 Å². The number of amidine groups is 1. The maximum absolute atomic E-state index is 12.6. The van der Waals surface area contributed by atoms with Crippen LogP contribution in [0, 0.1) is 5.92 Å². The number of aliphatic hydroxyl groups is 1. The molecule has 1 aliphatic carbocycles. The molecule has 0 aliphatic heterocycles. The second-order valence-corrected chi connectivity index (χ2v) is 4.68. The number of nitrogens with two attached hydrogens (primary N) is 1. The van der Waals surface area contributed by atoms with Crippen molar-refractivity contribution in [2.75, 3.05) is 13.1 Å². The molecule has 0 saturated heterocycles. The molecule has 1 unspecified atom stereocenters. The lowest BCUT2D eigenvalue weighted by atomic mass is 10.0. The van der Waals surface area contributed by atoms with Crippen LogP contribution in [0.3, 0.4) is 0 Å². The van der Waals surface area contributed by atoms with Crippen molar-refractivity contribution in [2.24, 2.45) is 16.8 Å². The highest BCUT2D eigenvalue weighted by Crippen LogP contribution is 2.29. The second-order valence-electron chi connectivity index (χ2n) is 4.68. The minimum absolute atomic E-state index is 0.0816. The number of alkyl halides is 3. The van der Waals surface area contributed by atoms with Crippen molar-refractivity contribution in [2.45, 2.75) is 37.5 Å². The van der Waals surface area contributed by atoms with E-state index in [9.17, 15) is 18.3 Å². The Balaban J connectivity index is 2.48. The normalized spacial score (nSPS) is 22.1. The molecule has 0 aromatic heterocycles. The lowest BCUT2D eigenvalue weighted by Crippen LogP contribution is -2.46. The fraction of sp³-hybridized carbons (Fsp3) is 0.900. The Labute approximate surface area is 103 Å². The molecular formula is C10H18F3N3O2. The molecule has 1 atom stereocenters. The van der Waals surface area contributed by atoms with Gasteiger partial charge in [-0.3, -0.25) is 0 Å². The summed E-state index contributed by atoms with van der Waals surface area (Å²) in [6, 6.07) is 0. The number of oxime groups is 1. The molecule has 0 heterocycles. The summed E-state index contributed by atoms with van der Waals surface area (Å²) in [5, 5.41) is 23.2. The van der Waals surface area contributed by atoms with Crippen molar-refractivity contribution in [3.05, 3.63) is 0 Å². The summed E-state index contributed by atoms with van der Waals surface area (Å²) >= 11 is 0. The molecule has 106 valence electrons. The van der Waals surface area contributed by atoms with Gasteiger partial charge in [-0.2, -0.15) is 13.2 Å². The molecule has 0 radical (unpaired) electrons. The minimum atomic E-state index is -4.58. The maximum atomic E-state index is 12.6. The molecule has 5 N–H and O–H groups in total. The lowest BCUT2D eigenvalue weighted by Gasteiger charge is -2.25. The quantitative estimate of drug-likeness (QED) is 0.257. The van der Waals surface area contributed by atoms with Crippen LogP contribution in [-0.2, 0) is 0 Å². The van der Waals surface area contributed by atoms with Gasteiger partial charge in [-0.05, 0) is 12.8 Å². The van der Waals surface area contributed by atoms with E-state index in [1.807, 2.05) is 0 Å². The standard InChI is InChI=1S/C10H18F3N3O2/c11-10(12,13)7(8(14)16-18)5-15-6-9(17)3-1-2-4-9/h7,15,17-18H,1-6H2,(H2,14,16). The predicted octanol–water partition coefficient (Wildman–Crippen LogP) is 0.806. The number of nitrogens with one attached hydrogen (secondary N) is 1. The third kappa shape index (κ3) is 4.02. The van der Waals surface area contributed by atoms with Crippen LogP contribution in [0.1, 0.15) is 25.7 Å². The van der Waals surface area contributed by atoms with Gasteiger partial charge in [-0.25, -0.2) is 0 Å². The predicted molar refractivity (Wildman–Crippen MR) is 59.2 cm³/mol.